The predicted octanol–water partition coefficient (Wildman–Crippen LogP) is 6.03. The SMILES string of the molecule is Cc1ccc(-c2cc[c-]c3c2c2ccccc2c2cc(C)nn32)c(C)c1.[Ir]. The smallest absolute Gasteiger partial charge is 0.0714 e. The second-order valence-electron chi connectivity index (χ2n) is 7.06. The van der Waals surface area contributed by atoms with Gasteiger partial charge in [-0.05, 0) is 48.9 Å². The first-order valence-electron chi connectivity index (χ1n) is 8.92. The van der Waals surface area contributed by atoms with Gasteiger partial charge in [0.25, 0.3) is 0 Å². The number of nitrogens with zero attached hydrogens (tertiary/aromatic N) is 2. The molecule has 0 aliphatic rings. The summed E-state index contributed by atoms with van der Waals surface area (Å²) in [6.45, 7) is 6.37. The number of aryl methyl sites for hydroxylation is 3. The van der Waals surface area contributed by atoms with Crippen LogP contribution in [0.4, 0.5) is 0 Å². The van der Waals surface area contributed by atoms with E-state index in [9.17, 15) is 0 Å². The van der Waals surface area contributed by atoms with Crippen molar-refractivity contribution in [1.82, 2.24) is 9.61 Å². The van der Waals surface area contributed by atoms with Crippen molar-refractivity contribution in [2.24, 2.45) is 0 Å². The molecule has 3 aromatic carbocycles. The monoisotopic (exact) mass is 528 g/mol. The molecule has 3 heteroatoms. The maximum Gasteiger partial charge on any atom is 0.0714 e. The van der Waals surface area contributed by atoms with Gasteiger partial charge in [0, 0.05) is 20.1 Å². The Morgan fingerprint density at radius 2 is 1.63 bits per heavy atom. The zero-order valence-electron chi connectivity index (χ0n) is 15.5. The summed E-state index contributed by atoms with van der Waals surface area (Å²) < 4.78 is 2.04. The molecule has 1 radical (unpaired) electrons. The van der Waals surface area contributed by atoms with E-state index in [0.29, 0.717) is 0 Å². The molecule has 27 heavy (non-hydrogen) atoms. The average Bonchev–Trinajstić information content (AvgIpc) is 3.03. The Morgan fingerprint density at radius 1 is 0.852 bits per heavy atom. The molecule has 5 rings (SSSR count). The van der Waals surface area contributed by atoms with Crippen LogP contribution < -0.4 is 0 Å². The standard InChI is InChI=1S/C24H19N2.Ir/c1-15-11-12-18(16(2)13-15)20-9-6-10-22-24(20)21-8-5-4-7-19(21)23-14-17(3)25-26(22)23;/h4-9,11-14H,1-3H3;/q-1;. The van der Waals surface area contributed by atoms with Gasteiger partial charge in [-0.25, -0.2) is 0 Å². The van der Waals surface area contributed by atoms with Crippen LogP contribution in [0.5, 0.6) is 0 Å². The van der Waals surface area contributed by atoms with E-state index < -0.39 is 0 Å². The van der Waals surface area contributed by atoms with Crippen molar-refractivity contribution in [2.45, 2.75) is 20.8 Å². The number of aromatic nitrogens is 2. The van der Waals surface area contributed by atoms with Gasteiger partial charge in [-0.2, -0.15) is 23.3 Å². The van der Waals surface area contributed by atoms with Crippen LogP contribution in [0.1, 0.15) is 16.8 Å². The fourth-order valence-corrected chi connectivity index (χ4v) is 4.05. The quantitative estimate of drug-likeness (QED) is 0.192. The summed E-state index contributed by atoms with van der Waals surface area (Å²) in [6, 6.07) is 25.0. The maximum absolute atomic E-state index is 4.75. The summed E-state index contributed by atoms with van der Waals surface area (Å²) in [6.07, 6.45) is 0. The van der Waals surface area contributed by atoms with Gasteiger partial charge in [-0.3, -0.25) is 4.52 Å². The van der Waals surface area contributed by atoms with Gasteiger partial charge in [0.2, 0.25) is 0 Å². The molecule has 0 N–H and O–H groups in total. The molecule has 0 aliphatic heterocycles. The molecule has 0 fully saturated rings. The Morgan fingerprint density at radius 3 is 2.41 bits per heavy atom. The third kappa shape index (κ3) is 2.70. The Balaban J connectivity index is 0.00000180. The van der Waals surface area contributed by atoms with E-state index in [1.54, 1.807) is 0 Å². The molecule has 0 unspecified atom stereocenters. The van der Waals surface area contributed by atoms with Crippen molar-refractivity contribution in [1.29, 1.82) is 0 Å². The van der Waals surface area contributed by atoms with Crippen LogP contribution in [-0.2, 0) is 20.1 Å². The molecule has 2 aromatic heterocycles. The van der Waals surface area contributed by atoms with E-state index in [0.717, 1.165) is 16.7 Å². The minimum Gasteiger partial charge on any atom is -0.257 e. The fraction of sp³-hybridized carbons (Fsp3) is 0.125. The van der Waals surface area contributed by atoms with E-state index in [1.807, 2.05) is 17.5 Å². The maximum atomic E-state index is 4.75. The van der Waals surface area contributed by atoms with E-state index in [-0.39, 0.29) is 20.1 Å². The van der Waals surface area contributed by atoms with Crippen molar-refractivity contribution in [3.05, 3.63) is 83.6 Å². The minimum absolute atomic E-state index is 0. The van der Waals surface area contributed by atoms with Crippen LogP contribution in [-0.4, -0.2) is 9.61 Å². The third-order valence-corrected chi connectivity index (χ3v) is 5.16. The van der Waals surface area contributed by atoms with Crippen molar-refractivity contribution >= 4 is 27.2 Å². The van der Waals surface area contributed by atoms with Crippen molar-refractivity contribution in [3.8, 4) is 11.1 Å². The fourth-order valence-electron chi connectivity index (χ4n) is 4.05. The van der Waals surface area contributed by atoms with Gasteiger partial charge in [-0.1, -0.05) is 58.8 Å². The summed E-state index contributed by atoms with van der Waals surface area (Å²) in [7, 11) is 0. The Kier molecular flexibility index (Phi) is 4.38. The van der Waals surface area contributed by atoms with Gasteiger partial charge in [0.1, 0.15) is 0 Å². The van der Waals surface area contributed by atoms with Crippen LogP contribution in [0.3, 0.4) is 0 Å². The van der Waals surface area contributed by atoms with E-state index >= 15 is 0 Å². The zero-order chi connectivity index (χ0) is 17.8. The third-order valence-electron chi connectivity index (χ3n) is 5.16. The number of rotatable bonds is 1. The molecule has 0 spiro atoms. The molecule has 5 aromatic rings. The zero-order valence-corrected chi connectivity index (χ0v) is 17.9. The molecular weight excluding hydrogens is 508 g/mol. The average molecular weight is 528 g/mol. The molecule has 2 heterocycles. The van der Waals surface area contributed by atoms with Crippen LogP contribution in [0, 0.1) is 26.8 Å². The normalized spacial score (nSPS) is 11.2. The van der Waals surface area contributed by atoms with Crippen LogP contribution in [0.25, 0.3) is 38.3 Å². The summed E-state index contributed by atoms with van der Waals surface area (Å²) in [5.74, 6) is 0. The first kappa shape index (κ1) is 17.9. The molecule has 0 amide bonds. The van der Waals surface area contributed by atoms with Crippen molar-refractivity contribution in [2.75, 3.05) is 0 Å². The summed E-state index contributed by atoms with van der Waals surface area (Å²) in [5.41, 5.74) is 8.27. The molecular formula is C24H19IrN2-. The number of hydrogen-bond acceptors (Lipinski definition) is 1. The Labute approximate surface area is 172 Å². The molecule has 2 nitrogen and oxygen atoms in total. The molecule has 0 saturated carbocycles. The molecule has 135 valence electrons. The topological polar surface area (TPSA) is 17.3 Å². The van der Waals surface area contributed by atoms with Crippen LogP contribution in [0.15, 0.2) is 60.7 Å². The predicted molar refractivity (Wildman–Crippen MR) is 109 cm³/mol. The van der Waals surface area contributed by atoms with Crippen LogP contribution in [0.2, 0.25) is 0 Å². The van der Waals surface area contributed by atoms with Gasteiger partial charge in [0.05, 0.1) is 11.2 Å². The first-order chi connectivity index (χ1) is 12.6. The summed E-state index contributed by atoms with van der Waals surface area (Å²) >= 11 is 0. The molecule has 0 aliphatic carbocycles. The molecule has 0 saturated heterocycles. The van der Waals surface area contributed by atoms with Gasteiger partial charge < -0.3 is 0 Å². The largest absolute Gasteiger partial charge is 0.257 e. The van der Waals surface area contributed by atoms with Crippen molar-refractivity contribution < 1.29 is 20.1 Å². The summed E-state index contributed by atoms with van der Waals surface area (Å²) in [4.78, 5) is 0. The van der Waals surface area contributed by atoms with Gasteiger partial charge in [0.15, 0.2) is 0 Å². The molecule has 0 bridgehead atoms. The van der Waals surface area contributed by atoms with Crippen molar-refractivity contribution in [3.63, 3.8) is 0 Å². The Bertz CT molecular complexity index is 1310. The molecule has 0 atom stereocenters. The Hall–Kier alpha value is -2.48. The number of hydrogen-bond donors (Lipinski definition) is 0. The summed E-state index contributed by atoms with van der Waals surface area (Å²) in [5, 5.41) is 8.44. The minimum atomic E-state index is 0. The number of pyridine rings is 1. The van der Waals surface area contributed by atoms with E-state index in [4.69, 9.17) is 5.10 Å². The first-order valence-corrected chi connectivity index (χ1v) is 8.92. The second-order valence-corrected chi connectivity index (χ2v) is 7.06. The van der Waals surface area contributed by atoms with Gasteiger partial charge in [-0.15, -0.1) is 5.56 Å². The van der Waals surface area contributed by atoms with Crippen LogP contribution >= 0.6 is 0 Å². The number of fused-ring (bicyclic) bond motifs is 6. The van der Waals surface area contributed by atoms with Gasteiger partial charge >= 0.3 is 0 Å². The van der Waals surface area contributed by atoms with E-state index in [2.05, 4.69) is 74.5 Å². The van der Waals surface area contributed by atoms with E-state index in [1.165, 1.54) is 38.4 Å². The second kappa shape index (κ2) is 6.60. The number of benzene rings is 3.